The van der Waals surface area contributed by atoms with Crippen LogP contribution >= 0.6 is 11.6 Å². The number of methoxy groups -OCH3 is 1. The molecule has 186 valence electrons. The summed E-state index contributed by atoms with van der Waals surface area (Å²) in [5.41, 5.74) is 2.79. The highest BCUT2D eigenvalue weighted by Gasteiger charge is 2.40. The predicted molar refractivity (Wildman–Crippen MR) is 137 cm³/mol. The summed E-state index contributed by atoms with van der Waals surface area (Å²) >= 11 is 6.79. The number of carboxylic acids is 1. The lowest BCUT2D eigenvalue weighted by Gasteiger charge is -2.39. The van der Waals surface area contributed by atoms with Gasteiger partial charge in [0.1, 0.15) is 5.82 Å². The Morgan fingerprint density at radius 1 is 1.23 bits per heavy atom. The van der Waals surface area contributed by atoms with Crippen LogP contribution < -0.4 is 4.90 Å². The van der Waals surface area contributed by atoms with Gasteiger partial charge in [-0.1, -0.05) is 62.8 Å². The molecule has 1 fully saturated rings. The first kappa shape index (κ1) is 25.4. The number of amides is 1. The van der Waals surface area contributed by atoms with Crippen LogP contribution in [0.3, 0.4) is 0 Å². The van der Waals surface area contributed by atoms with Gasteiger partial charge in [0.2, 0.25) is 5.91 Å². The van der Waals surface area contributed by atoms with Crippen LogP contribution in [0.15, 0.2) is 48.3 Å². The quantitative estimate of drug-likeness (QED) is 0.472. The maximum absolute atomic E-state index is 13.3. The molecule has 0 spiro atoms. The van der Waals surface area contributed by atoms with E-state index in [1.807, 2.05) is 12.3 Å². The fourth-order valence-corrected chi connectivity index (χ4v) is 5.58. The molecule has 6 nitrogen and oxygen atoms in total. The second kappa shape index (κ2) is 10.9. The van der Waals surface area contributed by atoms with Gasteiger partial charge < -0.3 is 9.84 Å². The molecule has 2 aromatic rings. The summed E-state index contributed by atoms with van der Waals surface area (Å²) in [5.74, 6) is -0.0594. The van der Waals surface area contributed by atoms with Crippen LogP contribution in [0.2, 0.25) is 5.02 Å². The third-order valence-electron chi connectivity index (χ3n) is 7.51. The number of carbonyl (C=O) groups excluding carboxylic acids is 1. The molecule has 2 aliphatic rings. The molecular formula is C28H33ClN2O4. The minimum Gasteiger partial charge on any atom is -0.478 e. The highest BCUT2D eigenvalue weighted by molar-refractivity contribution is 6.31. The summed E-state index contributed by atoms with van der Waals surface area (Å²) < 4.78 is 5.36. The highest BCUT2D eigenvalue weighted by atomic mass is 35.5. The molecule has 0 saturated heterocycles. The molecule has 7 heteroatoms. The molecule has 1 saturated carbocycles. The van der Waals surface area contributed by atoms with Crippen molar-refractivity contribution in [2.75, 3.05) is 18.6 Å². The second-order valence-corrected chi connectivity index (χ2v) is 10.3. The van der Waals surface area contributed by atoms with Crippen molar-refractivity contribution in [2.45, 2.75) is 63.7 Å². The lowest BCUT2D eigenvalue weighted by Crippen LogP contribution is -2.41. The van der Waals surface area contributed by atoms with Crippen LogP contribution in [0.1, 0.15) is 73.4 Å². The number of nitrogens with zero attached hydrogens (tertiary/aromatic N) is 2. The summed E-state index contributed by atoms with van der Waals surface area (Å²) in [6, 6.07) is 9.30. The number of rotatable bonds is 8. The van der Waals surface area contributed by atoms with Crippen molar-refractivity contribution in [3.05, 3.63) is 70.0 Å². The molecule has 1 aromatic heterocycles. The van der Waals surface area contributed by atoms with Crippen molar-refractivity contribution in [3.8, 4) is 0 Å². The topological polar surface area (TPSA) is 79.7 Å². The van der Waals surface area contributed by atoms with E-state index in [9.17, 15) is 9.59 Å². The van der Waals surface area contributed by atoms with Gasteiger partial charge in [-0.05, 0) is 53.7 Å². The zero-order valence-corrected chi connectivity index (χ0v) is 21.2. The van der Waals surface area contributed by atoms with E-state index in [4.69, 9.17) is 21.4 Å². The van der Waals surface area contributed by atoms with E-state index in [2.05, 4.69) is 24.0 Å². The van der Waals surface area contributed by atoms with Crippen LogP contribution in [-0.4, -0.2) is 35.7 Å². The van der Waals surface area contributed by atoms with E-state index >= 15 is 0 Å². The minimum absolute atomic E-state index is 0.0783. The Morgan fingerprint density at radius 3 is 2.63 bits per heavy atom. The number of carboxylic acid groups (broad SMARTS) is 1. The van der Waals surface area contributed by atoms with E-state index in [-0.39, 0.29) is 17.9 Å². The molecule has 2 heterocycles. The molecule has 0 unspecified atom stereocenters. The van der Waals surface area contributed by atoms with Crippen LogP contribution in [0.5, 0.6) is 0 Å². The average Bonchev–Trinajstić information content (AvgIpc) is 2.85. The number of halogens is 1. The summed E-state index contributed by atoms with van der Waals surface area (Å²) in [7, 11) is 1.66. The van der Waals surface area contributed by atoms with Gasteiger partial charge in [-0.25, -0.2) is 9.78 Å². The molecular weight excluding hydrogens is 464 g/mol. The maximum atomic E-state index is 13.3. The summed E-state index contributed by atoms with van der Waals surface area (Å²) in [4.78, 5) is 30.2. The number of carbonyl (C=O) groups is 2. The lowest BCUT2D eigenvalue weighted by molar-refractivity contribution is -0.119. The fourth-order valence-electron chi connectivity index (χ4n) is 5.32. The Bertz CT molecular complexity index is 1110. The lowest BCUT2D eigenvalue weighted by atomic mass is 9.70. The number of anilines is 1. The third-order valence-corrected chi connectivity index (χ3v) is 7.86. The Morgan fingerprint density at radius 2 is 2.00 bits per heavy atom. The number of benzene rings is 1. The maximum Gasteiger partial charge on any atom is 0.337 e. The Kier molecular flexibility index (Phi) is 7.92. The van der Waals surface area contributed by atoms with Gasteiger partial charge in [0.15, 0.2) is 0 Å². The van der Waals surface area contributed by atoms with Gasteiger partial charge in [-0.15, -0.1) is 0 Å². The molecule has 1 aliphatic heterocycles. The monoisotopic (exact) mass is 496 g/mol. The molecule has 0 radical (unpaired) electrons. The van der Waals surface area contributed by atoms with Crippen LogP contribution in [0.25, 0.3) is 0 Å². The zero-order valence-electron chi connectivity index (χ0n) is 20.4. The van der Waals surface area contributed by atoms with Gasteiger partial charge >= 0.3 is 5.97 Å². The molecule has 1 atom stereocenters. The summed E-state index contributed by atoms with van der Waals surface area (Å²) in [5, 5.41) is 9.91. The third kappa shape index (κ3) is 5.60. The number of hydrogen-bond acceptors (Lipinski definition) is 4. The number of hydrogen-bond donors (Lipinski definition) is 1. The predicted octanol–water partition coefficient (Wildman–Crippen LogP) is 6.17. The van der Waals surface area contributed by atoms with Crippen LogP contribution in [0.4, 0.5) is 5.82 Å². The van der Waals surface area contributed by atoms with E-state index in [0.29, 0.717) is 24.8 Å². The molecule has 0 bridgehead atoms. The van der Waals surface area contributed by atoms with Gasteiger partial charge in [-0.3, -0.25) is 9.69 Å². The molecule has 1 aromatic carbocycles. The van der Waals surface area contributed by atoms with E-state index in [1.54, 1.807) is 13.2 Å². The first-order valence-corrected chi connectivity index (χ1v) is 12.7. The van der Waals surface area contributed by atoms with Gasteiger partial charge in [0.05, 0.1) is 5.56 Å². The van der Waals surface area contributed by atoms with Gasteiger partial charge in [-0.2, -0.15) is 0 Å². The smallest absolute Gasteiger partial charge is 0.337 e. The van der Waals surface area contributed by atoms with E-state index < -0.39 is 11.4 Å². The summed E-state index contributed by atoms with van der Waals surface area (Å²) in [6.07, 6.45) is 11.5. The summed E-state index contributed by atoms with van der Waals surface area (Å²) in [6.45, 7) is 2.60. The van der Waals surface area contributed by atoms with Crippen LogP contribution in [-0.2, 0) is 21.4 Å². The first-order valence-electron chi connectivity index (χ1n) is 12.3. The van der Waals surface area contributed by atoms with Crippen LogP contribution in [0, 0.1) is 5.92 Å². The molecule has 35 heavy (non-hydrogen) atoms. The molecule has 1 amide bonds. The Balaban J connectivity index is 1.64. The fraction of sp³-hybridized carbons (Fsp3) is 0.464. The van der Waals surface area contributed by atoms with Crippen molar-refractivity contribution in [1.29, 1.82) is 0 Å². The number of aromatic nitrogens is 1. The Labute approximate surface area is 212 Å². The van der Waals surface area contributed by atoms with E-state index in [0.717, 1.165) is 22.6 Å². The van der Waals surface area contributed by atoms with Gasteiger partial charge in [0, 0.05) is 43.0 Å². The van der Waals surface area contributed by atoms with Crippen molar-refractivity contribution in [2.24, 2.45) is 5.92 Å². The van der Waals surface area contributed by atoms with E-state index in [1.165, 1.54) is 54.8 Å². The normalized spacial score (nSPS) is 21.2. The largest absolute Gasteiger partial charge is 0.478 e. The average molecular weight is 497 g/mol. The number of pyridine rings is 1. The zero-order chi connectivity index (χ0) is 25.0. The second-order valence-electron chi connectivity index (χ2n) is 9.89. The van der Waals surface area contributed by atoms with Crippen molar-refractivity contribution >= 4 is 29.3 Å². The van der Waals surface area contributed by atoms with Crippen molar-refractivity contribution < 1.29 is 19.4 Å². The number of aromatic carboxylic acids is 1. The van der Waals surface area contributed by atoms with Crippen molar-refractivity contribution in [1.82, 2.24) is 4.98 Å². The minimum atomic E-state index is -1.05. The molecule has 4 rings (SSSR count). The Hall–Kier alpha value is -2.70. The number of ether oxygens (including phenoxy) is 1. The van der Waals surface area contributed by atoms with Gasteiger partial charge in [0.25, 0.3) is 0 Å². The standard InChI is InChI=1S/C28H33ClN2O4/c1-28(22-10-8-20(24(29)15-22)14-19-6-4-3-5-7-19)16-26(32)31(18-23(28)12-13-35-2)25-11-9-21(17-30-25)27(33)34/h8-11,15,17-19H,3-7,12-14,16H2,1-2H3,(H,33,34)/t28-/m0/s1. The first-order chi connectivity index (χ1) is 16.8. The molecule has 1 aliphatic carbocycles. The highest BCUT2D eigenvalue weighted by Crippen LogP contribution is 2.43. The van der Waals surface area contributed by atoms with Crippen molar-refractivity contribution in [3.63, 3.8) is 0 Å². The SMILES string of the molecule is COCCC1=CN(c2ccc(C(=O)O)cn2)C(=O)C[C@@]1(C)c1ccc(CC2CCCCC2)c(Cl)c1. The molecule has 1 N–H and O–H groups in total.